The Bertz CT molecular complexity index is 921. The minimum absolute atomic E-state index is 0.102. The molecule has 1 atom stereocenters. The van der Waals surface area contributed by atoms with Crippen LogP contribution in [0.5, 0.6) is 0 Å². The molecule has 2 aromatic rings. The van der Waals surface area contributed by atoms with Gasteiger partial charge in [-0.3, -0.25) is 4.79 Å². The smallest absolute Gasteiger partial charge is 0.276 e. The molecule has 3 rings (SSSR count). The number of nitrogens with one attached hydrogen (secondary N) is 1. The van der Waals surface area contributed by atoms with Crippen molar-refractivity contribution < 1.29 is 13.7 Å². The standard InChI is InChI=1S/C17H12BrClFN3O2S/c1-23-16(17(24)21-12-6-7-14(20)13(19)8-12)9-15(22-26(23)25)10-2-4-11(18)5-3-10/h2-9H,1H3,(H,21,24). The van der Waals surface area contributed by atoms with Crippen molar-refractivity contribution in [3.8, 4) is 0 Å². The summed E-state index contributed by atoms with van der Waals surface area (Å²) in [6, 6.07) is 11.1. The zero-order chi connectivity index (χ0) is 18.8. The second kappa shape index (κ2) is 7.79. The van der Waals surface area contributed by atoms with E-state index in [0.29, 0.717) is 11.4 Å². The monoisotopic (exact) mass is 455 g/mol. The van der Waals surface area contributed by atoms with E-state index in [-0.39, 0.29) is 10.7 Å². The van der Waals surface area contributed by atoms with Crippen molar-refractivity contribution in [3.05, 3.63) is 75.1 Å². The number of hydrogen-bond donors (Lipinski definition) is 1. The van der Waals surface area contributed by atoms with Gasteiger partial charge in [0.1, 0.15) is 11.5 Å². The van der Waals surface area contributed by atoms with E-state index in [4.69, 9.17) is 11.6 Å². The molecular formula is C17H12BrClFN3O2S. The summed E-state index contributed by atoms with van der Waals surface area (Å²) in [5, 5.41) is 2.51. The van der Waals surface area contributed by atoms with Crippen LogP contribution in [-0.4, -0.2) is 27.5 Å². The van der Waals surface area contributed by atoms with E-state index >= 15 is 0 Å². The Morgan fingerprint density at radius 1 is 1.31 bits per heavy atom. The Labute approximate surface area is 166 Å². The maximum Gasteiger partial charge on any atom is 0.276 e. The second-order valence-electron chi connectivity index (χ2n) is 5.32. The highest BCUT2D eigenvalue weighted by Crippen LogP contribution is 2.23. The molecule has 134 valence electrons. The Morgan fingerprint density at radius 3 is 2.65 bits per heavy atom. The predicted molar refractivity (Wildman–Crippen MR) is 105 cm³/mol. The Morgan fingerprint density at radius 2 is 2.00 bits per heavy atom. The van der Waals surface area contributed by atoms with Crippen molar-refractivity contribution in [1.82, 2.24) is 4.31 Å². The molecule has 1 unspecified atom stereocenters. The van der Waals surface area contributed by atoms with E-state index in [1.165, 1.54) is 23.5 Å². The molecule has 1 amide bonds. The molecule has 5 nitrogen and oxygen atoms in total. The number of likely N-dealkylation sites (N-methyl/N-ethyl adjacent to an activating group) is 1. The largest absolute Gasteiger partial charge is 0.566 e. The maximum absolute atomic E-state index is 13.2. The van der Waals surface area contributed by atoms with Crippen LogP contribution in [0.2, 0.25) is 5.02 Å². The average Bonchev–Trinajstić information content (AvgIpc) is 2.61. The van der Waals surface area contributed by atoms with Crippen molar-refractivity contribution in [1.29, 1.82) is 0 Å². The van der Waals surface area contributed by atoms with Crippen LogP contribution >= 0.6 is 27.5 Å². The molecule has 1 N–H and O–H groups in total. The molecule has 0 radical (unpaired) electrons. The highest BCUT2D eigenvalue weighted by atomic mass is 79.9. The summed E-state index contributed by atoms with van der Waals surface area (Å²) in [5.41, 5.74) is 1.65. The molecule has 1 heterocycles. The van der Waals surface area contributed by atoms with Crippen molar-refractivity contribution >= 4 is 56.4 Å². The van der Waals surface area contributed by atoms with E-state index in [0.717, 1.165) is 16.1 Å². The Balaban J connectivity index is 1.88. The molecule has 9 heteroatoms. The fourth-order valence-electron chi connectivity index (χ4n) is 2.21. The van der Waals surface area contributed by atoms with Crippen LogP contribution in [0.4, 0.5) is 10.1 Å². The van der Waals surface area contributed by atoms with Gasteiger partial charge in [-0.1, -0.05) is 39.7 Å². The molecule has 0 saturated heterocycles. The number of carbonyl (C=O) groups is 1. The first-order chi connectivity index (χ1) is 12.3. The fourth-order valence-corrected chi connectivity index (χ4v) is 3.41. The van der Waals surface area contributed by atoms with Gasteiger partial charge in [0.2, 0.25) is 11.5 Å². The summed E-state index contributed by atoms with van der Waals surface area (Å²) in [7, 11) is 1.50. The van der Waals surface area contributed by atoms with Crippen molar-refractivity contribution in [2.75, 3.05) is 12.4 Å². The third-order valence-corrected chi connectivity index (χ3v) is 5.41. The van der Waals surface area contributed by atoms with E-state index in [9.17, 15) is 13.7 Å². The number of amides is 1. The second-order valence-corrected chi connectivity index (χ2v) is 7.84. The van der Waals surface area contributed by atoms with Crippen LogP contribution in [-0.2, 0) is 16.3 Å². The lowest BCUT2D eigenvalue weighted by Gasteiger charge is -2.23. The van der Waals surface area contributed by atoms with Crippen molar-refractivity contribution in [2.24, 2.45) is 4.40 Å². The highest BCUT2D eigenvalue weighted by Gasteiger charge is 2.30. The first-order valence-electron chi connectivity index (χ1n) is 7.33. The molecule has 0 bridgehead atoms. The van der Waals surface area contributed by atoms with Crippen LogP contribution in [0.1, 0.15) is 5.56 Å². The predicted octanol–water partition coefficient (Wildman–Crippen LogP) is 4.08. The third kappa shape index (κ3) is 4.09. The summed E-state index contributed by atoms with van der Waals surface area (Å²) >= 11 is 7.33. The third-order valence-electron chi connectivity index (χ3n) is 3.57. The van der Waals surface area contributed by atoms with Crippen LogP contribution < -0.4 is 5.32 Å². The van der Waals surface area contributed by atoms with Crippen molar-refractivity contribution in [2.45, 2.75) is 0 Å². The first-order valence-corrected chi connectivity index (χ1v) is 9.57. The van der Waals surface area contributed by atoms with Crippen LogP contribution in [0.15, 0.2) is 63.1 Å². The lowest BCUT2D eigenvalue weighted by molar-refractivity contribution is -0.113. The number of hydrogen-bond acceptors (Lipinski definition) is 4. The lowest BCUT2D eigenvalue weighted by Crippen LogP contribution is -2.35. The van der Waals surface area contributed by atoms with Gasteiger partial charge in [-0.05, 0) is 34.7 Å². The Kier molecular flexibility index (Phi) is 5.67. The molecular weight excluding hydrogens is 445 g/mol. The van der Waals surface area contributed by atoms with E-state index in [2.05, 4.69) is 25.6 Å². The fraction of sp³-hybridized carbons (Fsp3) is 0.0588. The summed E-state index contributed by atoms with van der Waals surface area (Å²) in [4.78, 5) is 12.6. The number of benzene rings is 2. The van der Waals surface area contributed by atoms with Crippen LogP contribution in [0.3, 0.4) is 0 Å². The molecule has 0 spiro atoms. The van der Waals surface area contributed by atoms with E-state index < -0.39 is 23.3 Å². The number of carbonyl (C=O) groups excluding carboxylic acids is 1. The maximum atomic E-state index is 13.2. The van der Waals surface area contributed by atoms with E-state index in [1.807, 2.05) is 12.1 Å². The zero-order valence-corrected chi connectivity index (χ0v) is 16.5. The first kappa shape index (κ1) is 18.9. The van der Waals surface area contributed by atoms with Gasteiger partial charge in [0.15, 0.2) is 5.70 Å². The number of nitrogens with zero attached hydrogens (tertiary/aromatic N) is 2. The van der Waals surface area contributed by atoms with Gasteiger partial charge in [0.25, 0.3) is 5.91 Å². The average molecular weight is 457 g/mol. The minimum atomic E-state index is -1.74. The van der Waals surface area contributed by atoms with Gasteiger partial charge in [-0.15, -0.1) is 0 Å². The van der Waals surface area contributed by atoms with Gasteiger partial charge >= 0.3 is 0 Å². The quantitative estimate of drug-likeness (QED) is 0.708. The molecule has 1 aliphatic rings. The SMILES string of the molecule is CN1C(C(=O)Nc2ccc(F)c(Cl)c2)=CC(c2ccc(Br)cc2)=N[S+]1[O-]. The summed E-state index contributed by atoms with van der Waals surface area (Å²) in [5.74, 6) is -1.09. The summed E-state index contributed by atoms with van der Waals surface area (Å²) in [6.07, 6.45) is 1.55. The van der Waals surface area contributed by atoms with Gasteiger partial charge in [-0.2, -0.15) is 4.31 Å². The zero-order valence-electron chi connectivity index (χ0n) is 13.4. The number of halogens is 3. The normalized spacial score (nSPS) is 16.8. The van der Waals surface area contributed by atoms with Crippen LogP contribution in [0, 0.1) is 5.82 Å². The minimum Gasteiger partial charge on any atom is -0.566 e. The highest BCUT2D eigenvalue weighted by molar-refractivity contribution is 9.10. The number of rotatable bonds is 3. The van der Waals surface area contributed by atoms with Gasteiger partial charge in [0, 0.05) is 21.8 Å². The van der Waals surface area contributed by atoms with Crippen molar-refractivity contribution in [3.63, 3.8) is 0 Å². The summed E-state index contributed by atoms with van der Waals surface area (Å²) in [6.45, 7) is 0. The number of allylic oxidation sites excluding steroid dienone is 1. The molecule has 0 fully saturated rings. The van der Waals surface area contributed by atoms with Gasteiger partial charge in [-0.25, -0.2) is 4.39 Å². The van der Waals surface area contributed by atoms with Gasteiger partial charge in [0.05, 0.1) is 12.1 Å². The molecule has 0 aliphatic carbocycles. The topological polar surface area (TPSA) is 67.8 Å². The Hall–Kier alpha value is -1.87. The van der Waals surface area contributed by atoms with Gasteiger partial charge < -0.3 is 9.87 Å². The van der Waals surface area contributed by atoms with E-state index in [1.54, 1.807) is 18.2 Å². The lowest BCUT2D eigenvalue weighted by atomic mass is 10.1. The molecule has 0 aromatic heterocycles. The number of anilines is 1. The molecule has 2 aromatic carbocycles. The molecule has 1 aliphatic heterocycles. The van der Waals surface area contributed by atoms with Crippen LogP contribution in [0.25, 0.3) is 0 Å². The molecule has 26 heavy (non-hydrogen) atoms. The molecule has 0 saturated carbocycles. The summed E-state index contributed by atoms with van der Waals surface area (Å²) < 4.78 is 31.8.